The van der Waals surface area contributed by atoms with E-state index in [0.29, 0.717) is 6.07 Å². The molecule has 0 saturated carbocycles. The number of hydrogen-bond donors (Lipinski definition) is 1. The van der Waals surface area contributed by atoms with Crippen molar-refractivity contribution in [1.82, 2.24) is 14.5 Å². The van der Waals surface area contributed by atoms with Gasteiger partial charge in [-0.3, -0.25) is 9.69 Å². The Morgan fingerprint density at radius 2 is 1.93 bits per heavy atom. The summed E-state index contributed by atoms with van der Waals surface area (Å²) >= 11 is 5.55. The van der Waals surface area contributed by atoms with Crippen LogP contribution in [0, 0.1) is 12.3 Å². The first-order valence-corrected chi connectivity index (χ1v) is 10.1. The number of benzene rings is 1. The zero-order valence-corrected chi connectivity index (χ0v) is 16.5. The molecule has 1 unspecified atom stereocenters. The molecule has 1 fully saturated rings. The van der Waals surface area contributed by atoms with Crippen LogP contribution < -0.4 is 5.32 Å². The van der Waals surface area contributed by atoms with E-state index in [2.05, 4.69) is 11.2 Å². The average Bonchev–Trinajstić information content (AvgIpc) is 2.64. The van der Waals surface area contributed by atoms with Crippen LogP contribution in [0.15, 0.2) is 23.1 Å². The standard InChI is InChI=1S/C17H19ClF3N3O3S/c1-3-6-22-16(25)12(2)23-7-9-24(10-8-23)28(26,27)13-4-5-15(18)14(11-13)17(19,20)21/h1,4-5,11-12H,6-10H2,2H3,(H,22,25). The minimum absolute atomic E-state index is 0.0407. The van der Waals surface area contributed by atoms with Crippen LogP contribution in [0.1, 0.15) is 12.5 Å². The van der Waals surface area contributed by atoms with Gasteiger partial charge in [0.2, 0.25) is 15.9 Å². The van der Waals surface area contributed by atoms with Crippen molar-refractivity contribution in [1.29, 1.82) is 0 Å². The molecule has 1 N–H and O–H groups in total. The van der Waals surface area contributed by atoms with E-state index in [1.165, 1.54) is 0 Å². The molecule has 0 bridgehead atoms. The first-order chi connectivity index (χ1) is 13.0. The molecule has 0 radical (unpaired) electrons. The van der Waals surface area contributed by atoms with Crippen LogP contribution in [0.3, 0.4) is 0 Å². The second kappa shape index (κ2) is 8.69. The van der Waals surface area contributed by atoms with Crippen LogP contribution >= 0.6 is 11.6 Å². The molecule has 2 rings (SSSR count). The summed E-state index contributed by atoms with van der Waals surface area (Å²) in [6.07, 6.45) is 0.332. The Balaban J connectivity index is 2.12. The maximum absolute atomic E-state index is 13.0. The lowest BCUT2D eigenvalue weighted by atomic mass is 10.2. The molecule has 0 aliphatic carbocycles. The van der Waals surface area contributed by atoms with Gasteiger partial charge in [0, 0.05) is 26.2 Å². The monoisotopic (exact) mass is 437 g/mol. The molecule has 28 heavy (non-hydrogen) atoms. The van der Waals surface area contributed by atoms with Crippen molar-refractivity contribution in [2.75, 3.05) is 32.7 Å². The molecule has 11 heteroatoms. The molecule has 6 nitrogen and oxygen atoms in total. The van der Waals surface area contributed by atoms with Crippen LogP contribution in [0.5, 0.6) is 0 Å². The number of rotatable bonds is 5. The van der Waals surface area contributed by atoms with Crippen molar-refractivity contribution < 1.29 is 26.4 Å². The van der Waals surface area contributed by atoms with Gasteiger partial charge in [-0.25, -0.2) is 8.42 Å². The summed E-state index contributed by atoms with van der Waals surface area (Å²) in [5.41, 5.74) is -1.20. The maximum Gasteiger partial charge on any atom is 0.417 e. The fourth-order valence-corrected chi connectivity index (χ4v) is 4.49. The van der Waals surface area contributed by atoms with Gasteiger partial charge in [0.05, 0.1) is 28.1 Å². The average molecular weight is 438 g/mol. The molecule has 1 amide bonds. The van der Waals surface area contributed by atoms with Gasteiger partial charge in [-0.05, 0) is 25.1 Å². The molecule has 1 atom stereocenters. The van der Waals surface area contributed by atoms with E-state index in [0.717, 1.165) is 16.4 Å². The van der Waals surface area contributed by atoms with Crippen molar-refractivity contribution in [3.05, 3.63) is 28.8 Å². The van der Waals surface area contributed by atoms with Gasteiger partial charge < -0.3 is 5.32 Å². The highest BCUT2D eigenvalue weighted by Gasteiger charge is 2.36. The third-order valence-corrected chi connectivity index (χ3v) is 6.67. The molecule has 154 valence electrons. The zero-order chi connectivity index (χ0) is 21.1. The number of sulfonamides is 1. The highest BCUT2D eigenvalue weighted by Crippen LogP contribution is 2.36. The lowest BCUT2D eigenvalue weighted by molar-refractivity contribution is -0.137. The summed E-state index contributed by atoms with van der Waals surface area (Å²) in [4.78, 5) is 13.3. The summed E-state index contributed by atoms with van der Waals surface area (Å²) in [5.74, 6) is 2.02. The number of nitrogens with one attached hydrogen (secondary N) is 1. The van der Waals surface area contributed by atoms with Gasteiger partial charge in [0.15, 0.2) is 0 Å². The van der Waals surface area contributed by atoms with Gasteiger partial charge >= 0.3 is 6.18 Å². The Morgan fingerprint density at radius 3 is 2.46 bits per heavy atom. The first-order valence-electron chi connectivity index (χ1n) is 8.30. The van der Waals surface area contributed by atoms with Gasteiger partial charge in [0.25, 0.3) is 0 Å². The van der Waals surface area contributed by atoms with Gasteiger partial charge in [-0.15, -0.1) is 6.42 Å². The lowest BCUT2D eigenvalue weighted by Crippen LogP contribution is -2.54. The topological polar surface area (TPSA) is 69.7 Å². The smallest absolute Gasteiger partial charge is 0.344 e. The van der Waals surface area contributed by atoms with E-state index in [9.17, 15) is 26.4 Å². The number of terminal acetylenes is 1. The molecule has 1 aromatic carbocycles. The van der Waals surface area contributed by atoms with Crippen LogP contribution in [-0.4, -0.2) is 62.3 Å². The minimum atomic E-state index is -4.76. The summed E-state index contributed by atoms with van der Waals surface area (Å²) in [6.45, 7) is 2.35. The molecule has 0 spiro atoms. The van der Waals surface area contributed by atoms with E-state index >= 15 is 0 Å². The molecule has 1 aliphatic heterocycles. The predicted octanol–water partition coefficient (Wildman–Crippen LogP) is 1.80. The van der Waals surface area contributed by atoms with Crippen LogP contribution in [0.2, 0.25) is 5.02 Å². The Kier molecular flexibility index (Phi) is 6.98. The van der Waals surface area contributed by atoms with Gasteiger partial charge in [-0.2, -0.15) is 17.5 Å². The van der Waals surface area contributed by atoms with Crippen molar-refractivity contribution in [3.63, 3.8) is 0 Å². The van der Waals surface area contributed by atoms with E-state index in [4.69, 9.17) is 18.0 Å². The van der Waals surface area contributed by atoms with Crippen molar-refractivity contribution in [3.8, 4) is 12.3 Å². The SMILES string of the molecule is C#CCNC(=O)C(C)N1CCN(S(=O)(=O)c2ccc(Cl)c(C(F)(F)F)c2)CC1. The largest absolute Gasteiger partial charge is 0.417 e. The van der Waals surface area contributed by atoms with Crippen molar-refractivity contribution in [2.45, 2.75) is 24.0 Å². The molecule has 0 aromatic heterocycles. The van der Waals surface area contributed by atoms with Crippen LogP contribution in [-0.2, 0) is 21.0 Å². The number of amides is 1. The quantitative estimate of drug-likeness (QED) is 0.713. The Bertz CT molecular complexity index is 876. The number of hydrogen-bond acceptors (Lipinski definition) is 4. The Morgan fingerprint density at radius 1 is 1.32 bits per heavy atom. The number of halogens is 4. The summed E-state index contributed by atoms with van der Waals surface area (Å²) < 4.78 is 65.6. The van der Waals surface area contributed by atoms with E-state index in [1.54, 1.807) is 11.8 Å². The third-order valence-electron chi connectivity index (χ3n) is 4.45. The summed E-state index contributed by atoms with van der Waals surface area (Å²) in [7, 11) is -4.12. The van der Waals surface area contributed by atoms with Gasteiger partial charge in [0.1, 0.15) is 0 Å². The highest BCUT2D eigenvalue weighted by molar-refractivity contribution is 7.89. The number of alkyl halides is 3. The maximum atomic E-state index is 13.0. The number of piperazine rings is 1. The molecule has 1 aliphatic rings. The highest BCUT2D eigenvalue weighted by atomic mass is 35.5. The lowest BCUT2D eigenvalue weighted by Gasteiger charge is -2.36. The second-order valence-electron chi connectivity index (χ2n) is 6.18. The molecular formula is C17H19ClF3N3O3S. The van der Waals surface area contributed by atoms with Crippen molar-refractivity contribution in [2.24, 2.45) is 0 Å². The Labute approximate surface area is 166 Å². The predicted molar refractivity (Wildman–Crippen MR) is 98.1 cm³/mol. The van der Waals surface area contributed by atoms with Crippen LogP contribution in [0.4, 0.5) is 13.2 Å². The molecule has 1 saturated heterocycles. The van der Waals surface area contributed by atoms with E-state index < -0.39 is 37.7 Å². The molecule has 1 heterocycles. The van der Waals surface area contributed by atoms with Gasteiger partial charge in [-0.1, -0.05) is 17.5 Å². The number of carbonyl (C=O) groups excluding carboxylic acids is 1. The number of nitrogens with zero attached hydrogens (tertiary/aromatic N) is 2. The third kappa shape index (κ3) is 4.97. The van der Waals surface area contributed by atoms with Crippen LogP contribution in [0.25, 0.3) is 0 Å². The van der Waals surface area contributed by atoms with E-state index in [-0.39, 0.29) is 38.6 Å². The van der Waals surface area contributed by atoms with Crippen molar-refractivity contribution >= 4 is 27.5 Å². The first kappa shape index (κ1) is 22.5. The molecule has 1 aromatic rings. The fraction of sp³-hybridized carbons (Fsp3) is 0.471. The zero-order valence-electron chi connectivity index (χ0n) is 15.0. The minimum Gasteiger partial charge on any atom is -0.344 e. The Hall–Kier alpha value is -1.80. The summed E-state index contributed by atoms with van der Waals surface area (Å²) in [6, 6.07) is 2.01. The molecular weight excluding hydrogens is 419 g/mol. The second-order valence-corrected chi connectivity index (χ2v) is 8.52. The fourth-order valence-electron chi connectivity index (χ4n) is 2.81. The summed E-state index contributed by atoms with van der Waals surface area (Å²) in [5, 5.41) is 1.99. The van der Waals surface area contributed by atoms with E-state index in [1.807, 2.05) is 0 Å². The normalized spacial score (nSPS) is 17.7. The number of carbonyl (C=O) groups is 1.